The van der Waals surface area contributed by atoms with Crippen molar-refractivity contribution in [2.75, 3.05) is 5.32 Å². The molecule has 0 fully saturated rings. The van der Waals surface area contributed by atoms with Crippen LogP contribution in [0, 0.1) is 0 Å². The van der Waals surface area contributed by atoms with Gasteiger partial charge in [-0.05, 0) is 39.0 Å². The van der Waals surface area contributed by atoms with E-state index in [9.17, 15) is 9.59 Å². The normalized spacial score (nSPS) is 11.3. The minimum atomic E-state index is -0.404. The molecule has 0 unspecified atom stereocenters. The summed E-state index contributed by atoms with van der Waals surface area (Å²) in [6.07, 6.45) is 8.36. The highest BCUT2D eigenvalue weighted by atomic mass is 127. The molecule has 0 spiro atoms. The molecule has 0 aliphatic rings. The molecule has 0 saturated carbocycles. The van der Waals surface area contributed by atoms with Gasteiger partial charge in [0.2, 0.25) is 5.95 Å². The summed E-state index contributed by atoms with van der Waals surface area (Å²) < 4.78 is 3.96. The Morgan fingerprint density at radius 2 is 2.06 bits per heavy atom. The smallest absolute Gasteiger partial charge is 0.278 e. The van der Waals surface area contributed by atoms with Crippen molar-refractivity contribution in [3.63, 3.8) is 0 Å². The Bertz CT molecular complexity index is 1290. The van der Waals surface area contributed by atoms with Gasteiger partial charge >= 0.3 is 0 Å². The summed E-state index contributed by atoms with van der Waals surface area (Å²) in [5.41, 5.74) is 2.35. The van der Waals surface area contributed by atoms with Gasteiger partial charge in [0.15, 0.2) is 11.5 Å². The quantitative estimate of drug-likeness (QED) is 0.198. The summed E-state index contributed by atoms with van der Waals surface area (Å²) in [7, 11) is 0. The van der Waals surface area contributed by atoms with Crippen molar-refractivity contribution in [1.82, 2.24) is 26.9 Å². The average Bonchev–Trinajstić information content (AvgIpc) is 3.03. The van der Waals surface area contributed by atoms with Gasteiger partial charge < -0.3 is 5.32 Å². The highest BCUT2D eigenvalue weighted by Crippen LogP contribution is 2.18. The van der Waals surface area contributed by atoms with Gasteiger partial charge in [-0.1, -0.05) is 17.7 Å². The zero-order valence-corrected chi connectivity index (χ0v) is 20.6. The number of halogens is 2. The molecule has 11 heteroatoms. The lowest BCUT2D eigenvalue weighted by molar-refractivity contribution is 0.0939. The number of carbonyl (C=O) groups is 1. The molecular weight excluding hydrogens is 545 g/mol. The number of amides is 1. The van der Waals surface area contributed by atoms with Gasteiger partial charge in [0.05, 0.1) is 35.0 Å². The van der Waals surface area contributed by atoms with Crippen molar-refractivity contribution >= 4 is 57.5 Å². The van der Waals surface area contributed by atoms with Gasteiger partial charge in [-0.3, -0.25) is 9.59 Å². The number of allylic oxidation sites excluding steroid dienone is 4. The monoisotopic (exact) mass is 565 g/mol. The van der Waals surface area contributed by atoms with E-state index in [0.29, 0.717) is 28.4 Å². The Morgan fingerprint density at radius 1 is 1.31 bits per heavy atom. The highest BCUT2D eigenvalue weighted by Gasteiger charge is 2.19. The Morgan fingerprint density at radius 3 is 2.62 bits per heavy atom. The molecule has 0 aromatic carbocycles. The van der Waals surface area contributed by atoms with Crippen molar-refractivity contribution in [1.29, 1.82) is 0 Å². The Hall–Kier alpha value is -2.99. The highest BCUT2D eigenvalue weighted by molar-refractivity contribution is 14.1. The van der Waals surface area contributed by atoms with Crippen molar-refractivity contribution < 1.29 is 4.79 Å². The molecule has 166 valence electrons. The number of nitrogens with one attached hydrogen (secondary N) is 1. The second-order valence-corrected chi connectivity index (χ2v) is 8.83. The number of hydrogen-bond acceptors (Lipinski definition) is 6. The van der Waals surface area contributed by atoms with Gasteiger partial charge in [-0.2, -0.15) is 7.62 Å². The first-order valence-electron chi connectivity index (χ1n) is 9.57. The molecular formula is C21H21ClIN7O2. The first-order chi connectivity index (χ1) is 15.3. The molecule has 1 N–H and O–H groups in total. The van der Waals surface area contributed by atoms with Gasteiger partial charge in [-0.15, -0.1) is 6.58 Å². The van der Waals surface area contributed by atoms with E-state index in [1.54, 1.807) is 45.8 Å². The van der Waals surface area contributed by atoms with Gasteiger partial charge in [-0.25, -0.2) is 19.3 Å². The van der Waals surface area contributed by atoms with Crippen LogP contribution in [-0.2, 0) is 6.54 Å². The van der Waals surface area contributed by atoms with Gasteiger partial charge in [0, 0.05) is 29.9 Å². The molecule has 1 amide bonds. The number of pyridine rings is 1. The van der Waals surface area contributed by atoms with Gasteiger partial charge in [0.1, 0.15) is 5.39 Å². The molecule has 0 atom stereocenters. The van der Waals surface area contributed by atoms with Crippen LogP contribution in [0.4, 0.5) is 5.95 Å². The van der Waals surface area contributed by atoms with Crippen LogP contribution in [0.15, 0.2) is 65.4 Å². The summed E-state index contributed by atoms with van der Waals surface area (Å²) in [5.74, 6) is 0.339. The molecule has 3 rings (SSSR count). The van der Waals surface area contributed by atoms with Crippen LogP contribution in [0.2, 0.25) is 0 Å². The molecule has 9 nitrogen and oxygen atoms in total. The number of nitrogens with zero attached hydrogens (tertiary/aromatic N) is 6. The van der Waals surface area contributed by atoms with Crippen LogP contribution in [0.25, 0.3) is 16.9 Å². The third-order valence-corrected chi connectivity index (χ3v) is 4.95. The zero-order valence-electron chi connectivity index (χ0n) is 17.7. The van der Waals surface area contributed by atoms with E-state index in [1.165, 1.54) is 17.1 Å². The molecule has 0 radical (unpaired) electrons. The second kappa shape index (κ2) is 10.1. The maximum atomic E-state index is 13.0. The van der Waals surface area contributed by atoms with Crippen LogP contribution in [0.5, 0.6) is 0 Å². The lowest BCUT2D eigenvalue weighted by Gasteiger charge is -2.11. The first-order valence-corrected chi connectivity index (χ1v) is 10.9. The lowest BCUT2D eigenvalue weighted by atomic mass is 10.2. The van der Waals surface area contributed by atoms with E-state index in [4.69, 9.17) is 11.8 Å². The Labute approximate surface area is 203 Å². The van der Waals surface area contributed by atoms with Crippen LogP contribution in [0.1, 0.15) is 31.1 Å². The molecule has 0 aliphatic heterocycles. The van der Waals surface area contributed by atoms with Crippen molar-refractivity contribution in [2.45, 2.75) is 27.3 Å². The van der Waals surface area contributed by atoms with Crippen molar-refractivity contribution in [3.05, 3.63) is 76.5 Å². The summed E-state index contributed by atoms with van der Waals surface area (Å²) in [5, 5.41) is 3.50. The van der Waals surface area contributed by atoms with E-state index in [-0.39, 0.29) is 12.1 Å². The van der Waals surface area contributed by atoms with E-state index in [0.717, 1.165) is 13.9 Å². The molecule has 0 bridgehead atoms. The number of hydrogen-bond donors (Lipinski definition) is 1. The van der Waals surface area contributed by atoms with E-state index < -0.39 is 5.91 Å². The number of rotatable bonds is 7. The predicted octanol–water partition coefficient (Wildman–Crippen LogP) is 4.39. The summed E-state index contributed by atoms with van der Waals surface area (Å²) >= 11 is 7.39. The van der Waals surface area contributed by atoms with Crippen LogP contribution < -0.4 is 10.9 Å². The Kier molecular flexibility index (Phi) is 7.46. The van der Waals surface area contributed by atoms with E-state index in [2.05, 4.69) is 26.8 Å². The van der Waals surface area contributed by atoms with E-state index in [1.807, 2.05) is 32.9 Å². The third-order valence-electron chi connectivity index (χ3n) is 4.35. The van der Waals surface area contributed by atoms with Crippen LogP contribution in [0.3, 0.4) is 0 Å². The fourth-order valence-corrected chi connectivity index (χ4v) is 3.35. The zero-order chi connectivity index (χ0) is 23.4. The predicted molar refractivity (Wildman–Crippen MR) is 134 cm³/mol. The number of fused-ring (bicyclic) bond motifs is 1. The fraction of sp³-hybridized carbons (Fsp3) is 0.190. The van der Waals surface area contributed by atoms with Gasteiger partial charge in [0.25, 0.3) is 11.5 Å². The topological polar surface area (TPSA) is 97.9 Å². The number of aromatic nitrogens is 5. The maximum absolute atomic E-state index is 13.0. The minimum Gasteiger partial charge on any atom is -0.324 e. The summed E-state index contributed by atoms with van der Waals surface area (Å²) in [6, 6.07) is 3.21. The molecule has 0 saturated heterocycles. The lowest BCUT2D eigenvalue weighted by Crippen LogP contribution is -2.22. The standard InChI is InChI=1S/C21H21ClIN7O2/c1-5-9-28-20(32)16-12-25-21(26-15(6-2)10-13(3)4)27-18(16)29(28)17-8-7-14(11-24-17)19(31)30(22)23/h5-8,10-12H,1,9H2,2-4H3,(H,25,26,27)/b15-6+. The molecule has 0 aliphatic carbocycles. The Balaban J connectivity index is 2.16. The fourth-order valence-electron chi connectivity index (χ4n) is 2.98. The second-order valence-electron chi connectivity index (χ2n) is 6.95. The molecule has 3 heterocycles. The maximum Gasteiger partial charge on any atom is 0.278 e. The van der Waals surface area contributed by atoms with Crippen LogP contribution >= 0.6 is 34.6 Å². The first kappa shape index (κ1) is 23.7. The minimum absolute atomic E-state index is 0.238. The molecule has 3 aromatic heterocycles. The SMILES string of the molecule is C=CCn1c(=O)c2cnc(N/C(C=C(C)C)=C/C)nc2n1-c1ccc(C(=O)N(Cl)I)cn1. The summed E-state index contributed by atoms with van der Waals surface area (Å²) in [4.78, 5) is 38.3. The average molecular weight is 566 g/mol. The van der Waals surface area contributed by atoms with Crippen molar-refractivity contribution in [3.8, 4) is 5.82 Å². The summed E-state index contributed by atoms with van der Waals surface area (Å²) in [6.45, 7) is 9.85. The third kappa shape index (κ3) is 4.91. The van der Waals surface area contributed by atoms with Crippen LogP contribution in [-0.4, -0.2) is 32.9 Å². The molecule has 32 heavy (non-hydrogen) atoms. The van der Waals surface area contributed by atoms with E-state index >= 15 is 0 Å². The van der Waals surface area contributed by atoms with Crippen molar-refractivity contribution in [2.24, 2.45) is 0 Å². The largest absolute Gasteiger partial charge is 0.324 e. The number of carbonyl (C=O) groups excluding carboxylic acids is 1. The molecule has 3 aromatic rings. The number of anilines is 1.